The number of urea groups is 1. The van der Waals surface area contributed by atoms with E-state index in [-0.39, 0.29) is 11.8 Å². The van der Waals surface area contributed by atoms with Crippen molar-refractivity contribution < 1.29 is 9.90 Å². The van der Waals surface area contributed by atoms with Crippen LogP contribution in [0.3, 0.4) is 0 Å². The van der Waals surface area contributed by atoms with Crippen molar-refractivity contribution in [3.8, 4) is 5.75 Å². The second-order valence-corrected chi connectivity index (χ2v) is 5.11. The molecule has 1 aromatic carbocycles. The van der Waals surface area contributed by atoms with Crippen molar-refractivity contribution in [2.24, 2.45) is 0 Å². The monoisotopic (exact) mass is 262 g/mol. The number of para-hydroxylation sites is 1. The average molecular weight is 262 g/mol. The van der Waals surface area contributed by atoms with Crippen LogP contribution in [0.2, 0.25) is 0 Å². The third-order valence-electron chi connectivity index (χ3n) is 3.61. The highest BCUT2D eigenvalue weighted by molar-refractivity contribution is 5.74. The maximum atomic E-state index is 11.7. The number of benzene rings is 1. The van der Waals surface area contributed by atoms with Gasteiger partial charge >= 0.3 is 6.03 Å². The Morgan fingerprint density at radius 2 is 1.95 bits per heavy atom. The van der Waals surface area contributed by atoms with Gasteiger partial charge in [0.15, 0.2) is 0 Å². The molecule has 0 heterocycles. The Morgan fingerprint density at radius 3 is 2.68 bits per heavy atom. The summed E-state index contributed by atoms with van der Waals surface area (Å²) in [5.41, 5.74) is 0.862. The van der Waals surface area contributed by atoms with Crippen molar-refractivity contribution in [2.45, 2.75) is 44.6 Å². The van der Waals surface area contributed by atoms with E-state index >= 15 is 0 Å². The molecule has 1 aliphatic carbocycles. The molecule has 3 N–H and O–H groups in total. The molecule has 0 atom stereocenters. The molecule has 104 valence electrons. The molecule has 1 aromatic rings. The first-order valence-electron chi connectivity index (χ1n) is 7.07. The molecule has 19 heavy (non-hydrogen) atoms. The summed E-state index contributed by atoms with van der Waals surface area (Å²) in [7, 11) is 0. The van der Waals surface area contributed by atoms with Gasteiger partial charge in [0.2, 0.25) is 0 Å². The van der Waals surface area contributed by atoms with Gasteiger partial charge in [0.05, 0.1) is 0 Å². The Hall–Kier alpha value is -1.71. The fourth-order valence-corrected chi connectivity index (χ4v) is 2.52. The third kappa shape index (κ3) is 4.47. The standard InChI is InChI=1S/C15H22N2O2/c18-14-9-5-4-6-12(14)10-11-16-15(19)17-13-7-2-1-3-8-13/h4-6,9,13,18H,1-3,7-8,10-11H2,(H2,16,17,19). The summed E-state index contributed by atoms with van der Waals surface area (Å²) in [5, 5.41) is 15.5. The second kappa shape index (κ2) is 7.02. The molecular weight excluding hydrogens is 240 g/mol. The molecule has 0 aliphatic heterocycles. The Balaban J connectivity index is 1.67. The summed E-state index contributed by atoms with van der Waals surface area (Å²) in [5.74, 6) is 0.289. The van der Waals surface area contributed by atoms with E-state index in [4.69, 9.17) is 0 Å². The third-order valence-corrected chi connectivity index (χ3v) is 3.61. The van der Waals surface area contributed by atoms with Crippen molar-refractivity contribution in [2.75, 3.05) is 6.54 Å². The highest BCUT2D eigenvalue weighted by Gasteiger charge is 2.15. The largest absolute Gasteiger partial charge is 0.508 e. The predicted molar refractivity (Wildman–Crippen MR) is 75.2 cm³/mol. The molecule has 0 radical (unpaired) electrons. The first kappa shape index (κ1) is 13.7. The van der Waals surface area contributed by atoms with E-state index in [0.717, 1.165) is 18.4 Å². The van der Waals surface area contributed by atoms with Crippen LogP contribution in [-0.4, -0.2) is 23.7 Å². The molecular formula is C15H22N2O2. The Kier molecular flexibility index (Phi) is 5.07. The lowest BCUT2D eigenvalue weighted by Crippen LogP contribution is -2.43. The molecule has 4 nitrogen and oxygen atoms in total. The predicted octanol–water partition coefficient (Wildman–Crippen LogP) is 2.57. The lowest BCUT2D eigenvalue weighted by molar-refractivity contribution is 0.233. The molecule has 0 aromatic heterocycles. The topological polar surface area (TPSA) is 61.4 Å². The fraction of sp³-hybridized carbons (Fsp3) is 0.533. The highest BCUT2D eigenvalue weighted by Crippen LogP contribution is 2.17. The Labute approximate surface area is 114 Å². The Bertz CT molecular complexity index is 414. The van der Waals surface area contributed by atoms with Crippen molar-refractivity contribution in [1.82, 2.24) is 10.6 Å². The maximum Gasteiger partial charge on any atom is 0.315 e. The number of phenolic OH excluding ortho intramolecular Hbond substituents is 1. The summed E-state index contributed by atoms with van der Waals surface area (Å²) < 4.78 is 0. The zero-order chi connectivity index (χ0) is 13.5. The van der Waals surface area contributed by atoms with E-state index in [2.05, 4.69) is 10.6 Å². The number of nitrogens with one attached hydrogen (secondary N) is 2. The van der Waals surface area contributed by atoms with Crippen molar-refractivity contribution in [3.63, 3.8) is 0 Å². The fourth-order valence-electron chi connectivity index (χ4n) is 2.52. The summed E-state index contributed by atoms with van der Waals surface area (Å²) in [4.78, 5) is 11.7. The second-order valence-electron chi connectivity index (χ2n) is 5.11. The molecule has 2 amide bonds. The van der Waals surface area contributed by atoms with Gasteiger partial charge < -0.3 is 15.7 Å². The van der Waals surface area contributed by atoms with Crippen molar-refractivity contribution >= 4 is 6.03 Å². The highest BCUT2D eigenvalue weighted by atomic mass is 16.3. The van der Waals surface area contributed by atoms with Gasteiger partial charge in [-0.25, -0.2) is 4.79 Å². The summed E-state index contributed by atoms with van der Waals surface area (Å²) >= 11 is 0. The van der Waals surface area contributed by atoms with E-state index < -0.39 is 0 Å². The molecule has 4 heteroatoms. The first-order valence-corrected chi connectivity index (χ1v) is 7.07. The number of aromatic hydroxyl groups is 1. The molecule has 0 spiro atoms. The lowest BCUT2D eigenvalue weighted by Gasteiger charge is -2.22. The van der Waals surface area contributed by atoms with Crippen LogP contribution in [0.1, 0.15) is 37.7 Å². The van der Waals surface area contributed by atoms with Gasteiger partial charge in [-0.05, 0) is 30.9 Å². The van der Waals surface area contributed by atoms with Gasteiger partial charge in [-0.15, -0.1) is 0 Å². The van der Waals surface area contributed by atoms with Crippen LogP contribution in [0, 0.1) is 0 Å². The quantitative estimate of drug-likeness (QED) is 0.781. The SMILES string of the molecule is O=C(NCCc1ccccc1O)NC1CCCCC1. The number of rotatable bonds is 4. The summed E-state index contributed by atoms with van der Waals surface area (Å²) in [6, 6.07) is 7.45. The number of phenols is 1. The van der Waals surface area contributed by atoms with Crippen LogP contribution in [-0.2, 0) is 6.42 Å². The molecule has 0 saturated heterocycles. The normalized spacial score (nSPS) is 16.0. The van der Waals surface area contributed by atoms with Gasteiger partial charge in [0.1, 0.15) is 5.75 Å². The zero-order valence-electron chi connectivity index (χ0n) is 11.2. The number of hydrogen-bond acceptors (Lipinski definition) is 2. The van der Waals surface area contributed by atoms with Gasteiger partial charge in [-0.1, -0.05) is 37.5 Å². The van der Waals surface area contributed by atoms with E-state index in [1.54, 1.807) is 12.1 Å². The molecule has 2 rings (SSSR count). The van der Waals surface area contributed by atoms with Gasteiger partial charge in [-0.2, -0.15) is 0 Å². The van der Waals surface area contributed by atoms with Crippen LogP contribution < -0.4 is 10.6 Å². The van der Waals surface area contributed by atoms with Gasteiger partial charge in [-0.3, -0.25) is 0 Å². The minimum Gasteiger partial charge on any atom is -0.508 e. The minimum absolute atomic E-state index is 0.0951. The van der Waals surface area contributed by atoms with Crippen LogP contribution in [0.5, 0.6) is 5.75 Å². The molecule has 1 saturated carbocycles. The molecule has 1 fully saturated rings. The van der Waals surface area contributed by atoms with E-state index in [0.29, 0.717) is 19.0 Å². The minimum atomic E-state index is -0.0951. The maximum absolute atomic E-state index is 11.7. The summed E-state index contributed by atoms with van der Waals surface area (Å²) in [6.07, 6.45) is 6.53. The number of carbonyl (C=O) groups excluding carboxylic acids is 1. The van der Waals surface area contributed by atoms with Crippen LogP contribution in [0.25, 0.3) is 0 Å². The number of amides is 2. The lowest BCUT2D eigenvalue weighted by atomic mass is 9.96. The average Bonchev–Trinajstić information content (AvgIpc) is 2.42. The van der Waals surface area contributed by atoms with Crippen LogP contribution in [0.4, 0.5) is 4.79 Å². The number of carbonyl (C=O) groups is 1. The molecule has 0 bridgehead atoms. The van der Waals surface area contributed by atoms with E-state index in [1.165, 1.54) is 19.3 Å². The smallest absolute Gasteiger partial charge is 0.315 e. The molecule has 0 unspecified atom stereocenters. The van der Waals surface area contributed by atoms with E-state index in [9.17, 15) is 9.90 Å². The van der Waals surface area contributed by atoms with Crippen molar-refractivity contribution in [3.05, 3.63) is 29.8 Å². The Morgan fingerprint density at radius 1 is 1.21 bits per heavy atom. The van der Waals surface area contributed by atoms with E-state index in [1.807, 2.05) is 12.1 Å². The molecule has 1 aliphatic rings. The van der Waals surface area contributed by atoms with Gasteiger partial charge in [0, 0.05) is 12.6 Å². The number of hydrogen-bond donors (Lipinski definition) is 3. The van der Waals surface area contributed by atoms with Gasteiger partial charge in [0.25, 0.3) is 0 Å². The van der Waals surface area contributed by atoms with Crippen molar-refractivity contribution in [1.29, 1.82) is 0 Å². The summed E-state index contributed by atoms with van der Waals surface area (Å²) in [6.45, 7) is 0.538. The first-order chi connectivity index (χ1) is 9.25. The van der Waals surface area contributed by atoms with Crippen LogP contribution in [0.15, 0.2) is 24.3 Å². The van der Waals surface area contributed by atoms with Crippen LogP contribution >= 0.6 is 0 Å². The zero-order valence-corrected chi connectivity index (χ0v) is 11.2.